The Morgan fingerprint density at radius 2 is 2.33 bits per heavy atom. The second-order valence-electron chi connectivity index (χ2n) is 4.80. The van der Waals surface area contributed by atoms with E-state index in [1.54, 1.807) is 18.4 Å². The molecular weight excluding hydrogens is 310 g/mol. The van der Waals surface area contributed by atoms with Gasteiger partial charge < -0.3 is 10.6 Å². The summed E-state index contributed by atoms with van der Waals surface area (Å²) >= 11 is 1.60. The number of hydrogen-bond donors (Lipinski definition) is 2. The van der Waals surface area contributed by atoms with Crippen molar-refractivity contribution in [2.45, 2.75) is 19.9 Å². The van der Waals surface area contributed by atoms with Crippen LogP contribution < -0.4 is 10.6 Å². The van der Waals surface area contributed by atoms with Crippen molar-refractivity contribution < 1.29 is 8.42 Å². The van der Waals surface area contributed by atoms with E-state index in [1.165, 1.54) is 4.31 Å². The molecule has 2 rings (SSSR count). The van der Waals surface area contributed by atoms with Crippen molar-refractivity contribution in [2.24, 2.45) is 4.99 Å². The van der Waals surface area contributed by atoms with E-state index in [4.69, 9.17) is 0 Å². The molecule has 0 aromatic carbocycles. The zero-order valence-electron chi connectivity index (χ0n) is 12.3. The maximum atomic E-state index is 11.7. The maximum Gasteiger partial charge on any atom is 0.214 e. The highest BCUT2D eigenvalue weighted by molar-refractivity contribution is 7.89. The number of hydrogen-bond acceptors (Lipinski definition) is 5. The number of aryl methyl sites for hydroxylation is 1. The van der Waals surface area contributed by atoms with Crippen molar-refractivity contribution in [1.82, 2.24) is 19.9 Å². The van der Waals surface area contributed by atoms with Gasteiger partial charge in [-0.05, 0) is 13.3 Å². The Bertz CT molecular complexity index is 597. The van der Waals surface area contributed by atoms with Crippen LogP contribution in [0.4, 0.5) is 0 Å². The molecule has 0 atom stereocenters. The predicted molar refractivity (Wildman–Crippen MR) is 85.0 cm³/mol. The number of nitrogens with zero attached hydrogens (tertiary/aromatic N) is 3. The Kier molecular flexibility index (Phi) is 5.54. The summed E-state index contributed by atoms with van der Waals surface area (Å²) in [5.74, 6) is 0.920. The van der Waals surface area contributed by atoms with Crippen LogP contribution in [0.5, 0.6) is 0 Å². The first kappa shape index (κ1) is 16.2. The smallest absolute Gasteiger partial charge is 0.214 e. The van der Waals surface area contributed by atoms with Gasteiger partial charge in [-0.2, -0.15) is 0 Å². The molecule has 1 aromatic rings. The van der Waals surface area contributed by atoms with Crippen LogP contribution in [0.2, 0.25) is 0 Å². The van der Waals surface area contributed by atoms with Gasteiger partial charge in [0.15, 0.2) is 5.96 Å². The van der Waals surface area contributed by atoms with E-state index in [-0.39, 0.29) is 5.75 Å². The average molecular weight is 331 g/mol. The van der Waals surface area contributed by atoms with Crippen molar-refractivity contribution in [3.8, 4) is 0 Å². The van der Waals surface area contributed by atoms with E-state index >= 15 is 0 Å². The molecule has 0 aliphatic carbocycles. The van der Waals surface area contributed by atoms with Crippen LogP contribution in [0.3, 0.4) is 0 Å². The fourth-order valence-electron chi connectivity index (χ4n) is 2.11. The summed E-state index contributed by atoms with van der Waals surface area (Å²) in [5.41, 5.74) is 1.01. The quantitative estimate of drug-likeness (QED) is 0.592. The number of aromatic nitrogens is 1. The molecule has 9 heteroatoms. The van der Waals surface area contributed by atoms with Gasteiger partial charge in [-0.15, -0.1) is 11.3 Å². The Hall–Kier alpha value is -1.19. The predicted octanol–water partition coefficient (Wildman–Crippen LogP) is 0.152. The first-order valence-electron chi connectivity index (χ1n) is 6.84. The summed E-state index contributed by atoms with van der Waals surface area (Å²) in [6, 6.07) is 0. The molecule has 2 N–H and O–H groups in total. The van der Waals surface area contributed by atoms with E-state index in [0.29, 0.717) is 32.1 Å². The molecule has 1 fully saturated rings. The molecule has 0 unspecified atom stereocenters. The summed E-state index contributed by atoms with van der Waals surface area (Å²) < 4.78 is 24.9. The summed E-state index contributed by atoms with van der Waals surface area (Å²) in [6.07, 6.45) is 0.721. The lowest BCUT2D eigenvalue weighted by Crippen LogP contribution is -2.41. The van der Waals surface area contributed by atoms with Crippen LogP contribution in [-0.2, 0) is 16.6 Å². The van der Waals surface area contributed by atoms with Gasteiger partial charge >= 0.3 is 0 Å². The number of aliphatic imine (C=N–C) groups is 1. The normalized spacial score (nSPS) is 18.9. The summed E-state index contributed by atoms with van der Waals surface area (Å²) in [5, 5.41) is 9.29. The maximum absolute atomic E-state index is 11.7. The van der Waals surface area contributed by atoms with Crippen LogP contribution in [0.1, 0.15) is 17.1 Å². The summed E-state index contributed by atoms with van der Waals surface area (Å²) in [7, 11) is -1.33. The first-order valence-corrected chi connectivity index (χ1v) is 9.33. The largest absolute Gasteiger partial charge is 0.355 e. The minimum atomic E-state index is -3.02. The zero-order chi connectivity index (χ0) is 15.3. The molecule has 0 spiro atoms. The third kappa shape index (κ3) is 4.65. The van der Waals surface area contributed by atoms with Crippen molar-refractivity contribution in [3.63, 3.8) is 0 Å². The SMILES string of the molecule is CN=C(NCCN1CCCS1(=O)=O)NCc1nc(C)cs1. The number of rotatable bonds is 5. The van der Waals surface area contributed by atoms with Crippen LogP contribution in [-0.4, -0.2) is 56.1 Å². The zero-order valence-corrected chi connectivity index (χ0v) is 13.9. The van der Waals surface area contributed by atoms with Gasteiger partial charge in [0.25, 0.3) is 0 Å². The van der Waals surface area contributed by atoms with Crippen LogP contribution >= 0.6 is 11.3 Å². The van der Waals surface area contributed by atoms with Gasteiger partial charge in [0.1, 0.15) is 5.01 Å². The van der Waals surface area contributed by atoms with E-state index in [0.717, 1.165) is 17.1 Å². The van der Waals surface area contributed by atoms with Gasteiger partial charge in [0, 0.05) is 37.8 Å². The van der Waals surface area contributed by atoms with E-state index < -0.39 is 10.0 Å². The Labute approximate surface area is 129 Å². The minimum Gasteiger partial charge on any atom is -0.355 e. The van der Waals surface area contributed by atoms with Gasteiger partial charge in [0.2, 0.25) is 10.0 Å². The van der Waals surface area contributed by atoms with Gasteiger partial charge in [-0.3, -0.25) is 4.99 Å². The molecule has 0 bridgehead atoms. The summed E-state index contributed by atoms with van der Waals surface area (Å²) in [4.78, 5) is 8.48. The lowest BCUT2D eigenvalue weighted by molar-refractivity contribution is 0.445. The highest BCUT2D eigenvalue weighted by Crippen LogP contribution is 2.11. The third-order valence-corrected chi connectivity index (χ3v) is 6.08. The van der Waals surface area contributed by atoms with Gasteiger partial charge in [-0.25, -0.2) is 17.7 Å². The molecule has 1 aliphatic heterocycles. The molecule has 0 saturated carbocycles. The molecule has 0 radical (unpaired) electrons. The molecule has 21 heavy (non-hydrogen) atoms. The Morgan fingerprint density at radius 3 is 2.90 bits per heavy atom. The molecule has 1 aromatic heterocycles. The van der Waals surface area contributed by atoms with E-state index in [1.807, 2.05) is 12.3 Å². The van der Waals surface area contributed by atoms with Gasteiger partial charge in [-0.1, -0.05) is 0 Å². The Morgan fingerprint density at radius 1 is 1.52 bits per heavy atom. The number of sulfonamides is 1. The van der Waals surface area contributed by atoms with Crippen LogP contribution in [0, 0.1) is 6.92 Å². The second-order valence-corrected chi connectivity index (χ2v) is 7.83. The summed E-state index contributed by atoms with van der Waals surface area (Å²) in [6.45, 7) is 4.20. The van der Waals surface area contributed by atoms with Gasteiger partial charge in [0.05, 0.1) is 12.3 Å². The third-order valence-electron chi connectivity index (χ3n) is 3.15. The molecule has 7 nitrogen and oxygen atoms in total. The fourth-order valence-corrected chi connectivity index (χ4v) is 4.35. The topological polar surface area (TPSA) is 86.7 Å². The molecule has 1 aliphatic rings. The molecule has 1 saturated heterocycles. The molecule has 0 amide bonds. The van der Waals surface area contributed by atoms with Crippen LogP contribution in [0.25, 0.3) is 0 Å². The highest BCUT2D eigenvalue weighted by Gasteiger charge is 2.27. The standard InChI is InChI=1S/C12H21N5O2S2/c1-10-9-20-11(16-10)8-15-12(13-2)14-4-6-17-5-3-7-21(17,18)19/h9H,3-8H2,1-2H3,(H2,13,14,15). The van der Waals surface area contributed by atoms with Crippen molar-refractivity contribution in [3.05, 3.63) is 16.1 Å². The first-order chi connectivity index (χ1) is 10.0. The second kappa shape index (κ2) is 7.19. The van der Waals surface area contributed by atoms with Crippen LogP contribution in [0.15, 0.2) is 10.4 Å². The highest BCUT2D eigenvalue weighted by atomic mass is 32.2. The van der Waals surface area contributed by atoms with Crippen molar-refractivity contribution in [1.29, 1.82) is 0 Å². The van der Waals surface area contributed by atoms with E-state index in [2.05, 4.69) is 20.6 Å². The Balaban J connectivity index is 1.73. The molecular formula is C12H21N5O2S2. The molecule has 2 heterocycles. The van der Waals surface area contributed by atoms with Crippen molar-refractivity contribution in [2.75, 3.05) is 32.4 Å². The number of guanidine groups is 1. The van der Waals surface area contributed by atoms with Crippen molar-refractivity contribution >= 4 is 27.3 Å². The monoisotopic (exact) mass is 331 g/mol. The molecule has 118 valence electrons. The lowest BCUT2D eigenvalue weighted by Gasteiger charge is -2.16. The minimum absolute atomic E-state index is 0.267. The number of nitrogens with one attached hydrogen (secondary N) is 2. The lowest BCUT2D eigenvalue weighted by atomic mass is 10.5. The average Bonchev–Trinajstić information content (AvgIpc) is 2.99. The fraction of sp³-hybridized carbons (Fsp3) is 0.667. The number of thiazole rings is 1. The van der Waals surface area contributed by atoms with E-state index in [9.17, 15) is 8.42 Å².